The van der Waals surface area contributed by atoms with E-state index in [1.807, 2.05) is 31.2 Å². The Balaban J connectivity index is 1.78. The number of likely N-dealkylation sites (tertiary alicyclic amines) is 1. The minimum atomic E-state index is 0.0108. The number of piperidine rings is 1. The second-order valence-electron chi connectivity index (χ2n) is 6.58. The number of aliphatic hydroxyl groups excluding tert-OH is 1. The number of nitrogens with one attached hydrogen (secondary N) is 1. The zero-order valence-corrected chi connectivity index (χ0v) is 14.9. The molecule has 2 N–H and O–H groups in total. The summed E-state index contributed by atoms with van der Waals surface area (Å²) in [5.41, 5.74) is 0.822. The summed E-state index contributed by atoms with van der Waals surface area (Å²) in [6.07, 6.45) is 3.51. The summed E-state index contributed by atoms with van der Waals surface area (Å²) in [6, 6.07) is 7.52. The molecule has 0 radical (unpaired) electrons. The van der Waals surface area contributed by atoms with Gasteiger partial charge in [0.2, 0.25) is 5.91 Å². The minimum Gasteiger partial charge on any atom is -0.492 e. The van der Waals surface area contributed by atoms with Crippen LogP contribution in [0.5, 0.6) is 5.75 Å². The quantitative estimate of drug-likeness (QED) is 0.767. The summed E-state index contributed by atoms with van der Waals surface area (Å²) < 4.78 is 5.53. The second-order valence-corrected chi connectivity index (χ2v) is 6.58. The van der Waals surface area contributed by atoms with Crippen LogP contribution in [0.25, 0.3) is 0 Å². The van der Waals surface area contributed by atoms with Gasteiger partial charge in [-0.1, -0.05) is 19.1 Å². The van der Waals surface area contributed by atoms with Gasteiger partial charge in [-0.3, -0.25) is 4.79 Å². The summed E-state index contributed by atoms with van der Waals surface area (Å²) in [5, 5.41) is 12.5. The van der Waals surface area contributed by atoms with Gasteiger partial charge in [0.1, 0.15) is 5.75 Å². The molecule has 0 spiro atoms. The summed E-state index contributed by atoms with van der Waals surface area (Å²) in [6.45, 7) is 7.59. The molecule has 0 unspecified atom stereocenters. The Hall–Kier alpha value is -1.59. The number of carbonyl (C=O) groups excluding carboxylic acids is 1. The van der Waals surface area contributed by atoms with Gasteiger partial charge in [0, 0.05) is 19.6 Å². The average molecular weight is 334 g/mol. The van der Waals surface area contributed by atoms with Crippen LogP contribution in [-0.4, -0.2) is 48.8 Å². The maximum atomic E-state index is 12.2. The normalized spacial score (nSPS) is 17.5. The van der Waals surface area contributed by atoms with Crippen molar-refractivity contribution in [3.8, 4) is 5.75 Å². The van der Waals surface area contributed by atoms with Crippen LogP contribution in [0.2, 0.25) is 0 Å². The summed E-state index contributed by atoms with van der Waals surface area (Å²) in [5.74, 6) is 0.721. The number of amides is 1. The molecule has 2 rings (SSSR count). The number of benzene rings is 1. The molecule has 1 fully saturated rings. The van der Waals surface area contributed by atoms with Gasteiger partial charge < -0.3 is 20.1 Å². The summed E-state index contributed by atoms with van der Waals surface area (Å²) in [7, 11) is 0. The van der Waals surface area contributed by atoms with E-state index < -0.39 is 0 Å². The first-order valence-electron chi connectivity index (χ1n) is 8.97. The lowest BCUT2D eigenvalue weighted by Crippen LogP contribution is -2.42. The van der Waals surface area contributed by atoms with Gasteiger partial charge >= 0.3 is 0 Å². The third-order valence-electron chi connectivity index (χ3n) is 5.12. The van der Waals surface area contributed by atoms with Crippen LogP contribution < -0.4 is 10.1 Å². The molecule has 0 atom stereocenters. The molecule has 1 amide bonds. The number of hydrogen-bond donors (Lipinski definition) is 2. The average Bonchev–Trinajstić information content (AvgIpc) is 2.62. The van der Waals surface area contributed by atoms with E-state index in [0.29, 0.717) is 18.8 Å². The molecule has 0 aromatic heterocycles. The molecule has 0 aliphatic carbocycles. The molecule has 1 aliphatic heterocycles. The first-order valence-corrected chi connectivity index (χ1v) is 8.97. The Labute approximate surface area is 145 Å². The highest BCUT2D eigenvalue weighted by molar-refractivity contribution is 5.92. The Kier molecular flexibility index (Phi) is 7.06. The summed E-state index contributed by atoms with van der Waals surface area (Å²) >= 11 is 0. The van der Waals surface area contributed by atoms with E-state index in [4.69, 9.17) is 4.74 Å². The number of ether oxygens (including phenoxy) is 1. The molecular formula is C19H30N2O3. The van der Waals surface area contributed by atoms with Crippen molar-refractivity contribution < 1.29 is 14.6 Å². The van der Waals surface area contributed by atoms with E-state index in [1.165, 1.54) is 0 Å². The molecule has 1 aromatic carbocycles. The molecule has 5 nitrogen and oxygen atoms in total. The van der Waals surface area contributed by atoms with E-state index in [1.54, 1.807) is 0 Å². The minimum absolute atomic E-state index is 0.0108. The van der Waals surface area contributed by atoms with Crippen LogP contribution in [0.3, 0.4) is 0 Å². The van der Waals surface area contributed by atoms with E-state index in [2.05, 4.69) is 17.1 Å². The Morgan fingerprint density at radius 3 is 2.62 bits per heavy atom. The van der Waals surface area contributed by atoms with Crippen molar-refractivity contribution in [1.82, 2.24) is 4.90 Å². The molecule has 0 saturated carbocycles. The van der Waals surface area contributed by atoms with Gasteiger partial charge in [0.15, 0.2) is 0 Å². The van der Waals surface area contributed by atoms with Gasteiger partial charge in [0.25, 0.3) is 0 Å². The van der Waals surface area contributed by atoms with Crippen LogP contribution in [0.4, 0.5) is 5.69 Å². The highest BCUT2D eigenvalue weighted by atomic mass is 16.5. The SMILES string of the molecule is CCOc1ccccc1NC(=O)CCN1CCC(CC)(CO)CC1. The van der Waals surface area contributed by atoms with E-state index in [0.717, 1.165) is 44.6 Å². The monoisotopic (exact) mass is 334 g/mol. The number of anilines is 1. The van der Waals surface area contributed by atoms with Crippen molar-refractivity contribution in [3.63, 3.8) is 0 Å². The molecule has 5 heteroatoms. The standard InChI is InChI=1S/C19H30N2O3/c1-3-19(15-22)10-13-21(14-11-19)12-9-18(23)20-16-7-5-6-8-17(16)24-4-2/h5-8,22H,3-4,9-15H2,1-2H3,(H,20,23). The lowest BCUT2D eigenvalue weighted by molar-refractivity contribution is -0.116. The number of aliphatic hydroxyl groups is 1. The first-order chi connectivity index (χ1) is 11.6. The van der Waals surface area contributed by atoms with Crippen LogP contribution in [0, 0.1) is 5.41 Å². The smallest absolute Gasteiger partial charge is 0.225 e. The zero-order chi connectivity index (χ0) is 17.4. The van der Waals surface area contributed by atoms with Gasteiger partial charge in [-0.25, -0.2) is 0 Å². The number of carbonyl (C=O) groups is 1. The number of nitrogens with zero attached hydrogens (tertiary/aromatic N) is 1. The van der Waals surface area contributed by atoms with E-state index in [9.17, 15) is 9.90 Å². The predicted molar refractivity (Wildman–Crippen MR) is 96.3 cm³/mol. The van der Waals surface area contributed by atoms with Crippen LogP contribution >= 0.6 is 0 Å². The van der Waals surface area contributed by atoms with Crippen molar-refractivity contribution in [2.45, 2.75) is 39.5 Å². The van der Waals surface area contributed by atoms with Crippen LogP contribution in [0.15, 0.2) is 24.3 Å². The molecule has 24 heavy (non-hydrogen) atoms. The van der Waals surface area contributed by atoms with Crippen molar-refractivity contribution in [2.75, 3.05) is 38.2 Å². The molecule has 134 valence electrons. The fourth-order valence-electron chi connectivity index (χ4n) is 3.20. The highest BCUT2D eigenvalue weighted by Crippen LogP contribution is 2.34. The van der Waals surface area contributed by atoms with Crippen LogP contribution in [-0.2, 0) is 4.79 Å². The third-order valence-corrected chi connectivity index (χ3v) is 5.12. The highest BCUT2D eigenvalue weighted by Gasteiger charge is 2.32. The van der Waals surface area contributed by atoms with Gasteiger partial charge in [-0.2, -0.15) is 0 Å². The summed E-state index contributed by atoms with van der Waals surface area (Å²) in [4.78, 5) is 14.5. The van der Waals surface area contributed by atoms with Gasteiger partial charge in [0.05, 0.1) is 12.3 Å². The Morgan fingerprint density at radius 2 is 2.00 bits per heavy atom. The molecular weight excluding hydrogens is 304 g/mol. The van der Waals surface area contributed by atoms with Crippen molar-refractivity contribution in [1.29, 1.82) is 0 Å². The van der Waals surface area contributed by atoms with Gasteiger partial charge in [-0.15, -0.1) is 0 Å². The molecule has 1 aromatic rings. The van der Waals surface area contributed by atoms with Crippen molar-refractivity contribution in [3.05, 3.63) is 24.3 Å². The topological polar surface area (TPSA) is 61.8 Å². The number of para-hydroxylation sites is 2. The molecule has 1 aliphatic rings. The van der Waals surface area contributed by atoms with E-state index >= 15 is 0 Å². The fourth-order valence-corrected chi connectivity index (χ4v) is 3.20. The maximum Gasteiger partial charge on any atom is 0.225 e. The third kappa shape index (κ3) is 4.95. The predicted octanol–water partition coefficient (Wildman–Crippen LogP) is 2.90. The largest absolute Gasteiger partial charge is 0.492 e. The van der Waals surface area contributed by atoms with Crippen LogP contribution in [0.1, 0.15) is 39.5 Å². The van der Waals surface area contributed by atoms with Gasteiger partial charge in [-0.05, 0) is 56.8 Å². The van der Waals surface area contributed by atoms with E-state index in [-0.39, 0.29) is 17.9 Å². The zero-order valence-electron chi connectivity index (χ0n) is 14.9. The van der Waals surface area contributed by atoms with Crippen molar-refractivity contribution in [2.24, 2.45) is 5.41 Å². The number of rotatable bonds is 8. The lowest BCUT2D eigenvalue weighted by Gasteiger charge is -2.40. The maximum absolute atomic E-state index is 12.2. The number of hydrogen-bond acceptors (Lipinski definition) is 4. The molecule has 1 heterocycles. The Bertz CT molecular complexity index is 519. The van der Waals surface area contributed by atoms with Crippen molar-refractivity contribution >= 4 is 11.6 Å². The second kappa shape index (κ2) is 9.04. The lowest BCUT2D eigenvalue weighted by atomic mass is 9.77. The Morgan fingerprint density at radius 1 is 1.29 bits per heavy atom. The fraction of sp³-hybridized carbons (Fsp3) is 0.632. The molecule has 0 bridgehead atoms. The molecule has 1 saturated heterocycles. The first kappa shape index (κ1) is 18.7.